The average Bonchev–Trinajstić information content (AvgIpc) is 3.23. The summed E-state index contributed by atoms with van der Waals surface area (Å²) in [6, 6.07) is 17.6. The number of piperidine rings is 1. The number of nitrogens with one attached hydrogen (secondary N) is 1. The number of ether oxygens (including phenoxy) is 1. The van der Waals surface area contributed by atoms with Crippen molar-refractivity contribution in [2.45, 2.75) is 19.4 Å². The molecule has 0 radical (unpaired) electrons. The van der Waals surface area contributed by atoms with Gasteiger partial charge in [0.25, 0.3) is 0 Å². The van der Waals surface area contributed by atoms with Crippen LogP contribution in [0.25, 0.3) is 11.4 Å². The number of nitrogens with zero attached hydrogens (tertiary/aromatic N) is 2. The Hall–Kier alpha value is -2.92. The molecule has 0 aliphatic carbocycles. The molecule has 1 aromatic heterocycles. The van der Waals surface area contributed by atoms with Gasteiger partial charge in [0.15, 0.2) is 5.78 Å². The van der Waals surface area contributed by atoms with Crippen LogP contribution in [-0.4, -0.2) is 40.9 Å². The van der Waals surface area contributed by atoms with E-state index in [1.54, 1.807) is 7.11 Å². The molecule has 0 unspecified atom stereocenters. The molecule has 0 atom stereocenters. The van der Waals surface area contributed by atoms with Crippen molar-refractivity contribution in [1.29, 1.82) is 0 Å². The molecule has 144 valence electrons. The molecule has 0 bridgehead atoms. The summed E-state index contributed by atoms with van der Waals surface area (Å²) in [6.07, 6.45) is 3.76. The predicted octanol–water partition coefficient (Wildman–Crippen LogP) is 4.18. The molecule has 1 fully saturated rings. The number of imidazole rings is 1. The maximum Gasteiger partial charge on any atom is 0.166 e. The zero-order valence-electron chi connectivity index (χ0n) is 16.1. The summed E-state index contributed by atoms with van der Waals surface area (Å²) in [5.74, 6) is 2.03. The standard InChI is InChI=1S/C23H25N3O2/c1-28-21-9-7-17(8-10-21)22(27)18-11-13-26(14-12-18)16-20-15-24-23(25-20)19-5-3-2-4-6-19/h2-10,15,18H,11-14,16H2,1H3,(H,24,25). The minimum absolute atomic E-state index is 0.101. The third-order valence-corrected chi connectivity index (χ3v) is 5.40. The normalized spacial score (nSPS) is 15.5. The van der Waals surface area contributed by atoms with Crippen LogP contribution in [0.3, 0.4) is 0 Å². The molecule has 28 heavy (non-hydrogen) atoms. The van der Waals surface area contributed by atoms with Gasteiger partial charge in [-0.05, 0) is 50.2 Å². The molecule has 1 saturated heterocycles. The summed E-state index contributed by atoms with van der Waals surface area (Å²) in [5.41, 5.74) is 2.91. The molecule has 1 aliphatic rings. The number of Topliss-reactive ketones (excluding diaryl/α,β-unsaturated/α-hetero) is 1. The van der Waals surface area contributed by atoms with Crippen molar-refractivity contribution in [3.63, 3.8) is 0 Å². The highest BCUT2D eigenvalue weighted by Gasteiger charge is 2.26. The van der Waals surface area contributed by atoms with Gasteiger partial charge in [0.05, 0.1) is 12.8 Å². The molecule has 2 aromatic carbocycles. The lowest BCUT2D eigenvalue weighted by atomic mass is 9.89. The van der Waals surface area contributed by atoms with Crippen LogP contribution < -0.4 is 4.74 Å². The Kier molecular flexibility index (Phi) is 5.53. The highest BCUT2D eigenvalue weighted by atomic mass is 16.5. The Morgan fingerprint density at radius 2 is 1.82 bits per heavy atom. The predicted molar refractivity (Wildman–Crippen MR) is 109 cm³/mol. The minimum Gasteiger partial charge on any atom is -0.497 e. The first kappa shape index (κ1) is 18.4. The first-order valence-electron chi connectivity index (χ1n) is 9.73. The summed E-state index contributed by atoms with van der Waals surface area (Å²) in [7, 11) is 1.63. The smallest absolute Gasteiger partial charge is 0.166 e. The molecule has 2 heterocycles. The van der Waals surface area contributed by atoms with Gasteiger partial charge < -0.3 is 9.72 Å². The van der Waals surface area contributed by atoms with Gasteiger partial charge in [0.1, 0.15) is 11.6 Å². The monoisotopic (exact) mass is 375 g/mol. The average molecular weight is 375 g/mol. The second kappa shape index (κ2) is 8.40. The van der Waals surface area contributed by atoms with Crippen LogP contribution in [0.1, 0.15) is 28.9 Å². The number of rotatable bonds is 6. The number of carbonyl (C=O) groups is 1. The van der Waals surface area contributed by atoms with Crippen molar-refractivity contribution in [2.75, 3.05) is 20.2 Å². The molecule has 0 spiro atoms. The van der Waals surface area contributed by atoms with E-state index in [1.807, 2.05) is 48.7 Å². The molecule has 0 saturated carbocycles. The van der Waals surface area contributed by atoms with Crippen molar-refractivity contribution in [3.8, 4) is 17.1 Å². The fraction of sp³-hybridized carbons (Fsp3) is 0.304. The number of hydrogen-bond donors (Lipinski definition) is 1. The van der Waals surface area contributed by atoms with Crippen LogP contribution in [0.4, 0.5) is 0 Å². The third-order valence-electron chi connectivity index (χ3n) is 5.40. The molecule has 1 N–H and O–H groups in total. The van der Waals surface area contributed by atoms with Crippen LogP contribution in [0, 0.1) is 5.92 Å². The zero-order chi connectivity index (χ0) is 19.3. The number of likely N-dealkylation sites (tertiary alicyclic amines) is 1. The van der Waals surface area contributed by atoms with Crippen LogP contribution >= 0.6 is 0 Å². The van der Waals surface area contributed by atoms with Gasteiger partial charge >= 0.3 is 0 Å². The van der Waals surface area contributed by atoms with Crippen molar-refractivity contribution in [3.05, 3.63) is 72.1 Å². The van der Waals surface area contributed by atoms with E-state index >= 15 is 0 Å². The SMILES string of the molecule is COc1ccc(C(=O)C2CCN(Cc3c[nH]c(-c4ccccc4)n3)CC2)cc1. The number of carbonyl (C=O) groups excluding carboxylic acids is 1. The van der Waals surface area contributed by atoms with Crippen LogP contribution in [-0.2, 0) is 6.54 Å². The fourth-order valence-corrected chi connectivity index (χ4v) is 3.76. The Balaban J connectivity index is 1.32. The van der Waals surface area contributed by atoms with Crippen LogP contribution in [0.15, 0.2) is 60.8 Å². The van der Waals surface area contributed by atoms with Crippen molar-refractivity contribution < 1.29 is 9.53 Å². The van der Waals surface area contributed by atoms with Gasteiger partial charge in [-0.3, -0.25) is 9.69 Å². The van der Waals surface area contributed by atoms with E-state index in [1.165, 1.54) is 0 Å². The first-order chi connectivity index (χ1) is 13.7. The topological polar surface area (TPSA) is 58.2 Å². The lowest BCUT2D eigenvalue weighted by molar-refractivity contribution is 0.0834. The van der Waals surface area contributed by atoms with Gasteiger partial charge in [-0.1, -0.05) is 30.3 Å². The Morgan fingerprint density at radius 3 is 2.50 bits per heavy atom. The van der Waals surface area contributed by atoms with Crippen molar-refractivity contribution in [1.82, 2.24) is 14.9 Å². The summed E-state index contributed by atoms with van der Waals surface area (Å²) in [4.78, 5) is 23.1. The van der Waals surface area contributed by atoms with E-state index in [9.17, 15) is 4.79 Å². The molecule has 5 nitrogen and oxygen atoms in total. The van der Waals surface area contributed by atoms with E-state index in [0.717, 1.165) is 60.9 Å². The summed E-state index contributed by atoms with van der Waals surface area (Å²) >= 11 is 0. The van der Waals surface area contributed by atoms with Gasteiger partial charge in [-0.25, -0.2) is 4.98 Å². The highest BCUT2D eigenvalue weighted by Crippen LogP contribution is 2.24. The Morgan fingerprint density at radius 1 is 1.11 bits per heavy atom. The Bertz CT molecular complexity index is 911. The first-order valence-corrected chi connectivity index (χ1v) is 9.73. The second-order valence-corrected chi connectivity index (χ2v) is 7.25. The van der Waals surface area contributed by atoms with E-state index in [4.69, 9.17) is 9.72 Å². The number of H-pyrrole nitrogens is 1. The lowest BCUT2D eigenvalue weighted by Gasteiger charge is -2.30. The van der Waals surface area contributed by atoms with Gasteiger partial charge in [-0.2, -0.15) is 0 Å². The fourth-order valence-electron chi connectivity index (χ4n) is 3.76. The Labute approximate surface area is 165 Å². The third kappa shape index (κ3) is 4.15. The molecule has 1 aliphatic heterocycles. The summed E-state index contributed by atoms with van der Waals surface area (Å²) in [5, 5.41) is 0. The molecule has 4 rings (SSSR count). The van der Waals surface area contributed by atoms with Gasteiger partial charge in [-0.15, -0.1) is 0 Å². The maximum atomic E-state index is 12.7. The maximum absolute atomic E-state index is 12.7. The summed E-state index contributed by atoms with van der Waals surface area (Å²) < 4.78 is 5.17. The molecular formula is C23H25N3O2. The number of ketones is 1. The minimum atomic E-state index is 0.101. The van der Waals surface area contributed by atoms with Crippen LogP contribution in [0.5, 0.6) is 5.75 Å². The lowest BCUT2D eigenvalue weighted by Crippen LogP contribution is -2.36. The highest BCUT2D eigenvalue weighted by molar-refractivity contribution is 5.98. The van der Waals surface area contributed by atoms with Crippen LogP contribution in [0.2, 0.25) is 0 Å². The number of hydrogen-bond acceptors (Lipinski definition) is 4. The quantitative estimate of drug-likeness (QED) is 0.657. The van der Waals surface area contributed by atoms with E-state index in [0.29, 0.717) is 0 Å². The van der Waals surface area contributed by atoms with E-state index < -0.39 is 0 Å². The van der Waals surface area contributed by atoms with E-state index in [2.05, 4.69) is 22.0 Å². The molecular weight excluding hydrogens is 350 g/mol. The van der Waals surface area contributed by atoms with Gasteiger partial charge in [0.2, 0.25) is 0 Å². The van der Waals surface area contributed by atoms with E-state index in [-0.39, 0.29) is 11.7 Å². The molecule has 3 aromatic rings. The van der Waals surface area contributed by atoms with Crippen molar-refractivity contribution >= 4 is 5.78 Å². The van der Waals surface area contributed by atoms with Crippen molar-refractivity contribution in [2.24, 2.45) is 5.92 Å². The second-order valence-electron chi connectivity index (χ2n) is 7.25. The molecule has 0 amide bonds. The molecule has 5 heteroatoms. The largest absolute Gasteiger partial charge is 0.497 e. The number of benzene rings is 2. The summed E-state index contributed by atoms with van der Waals surface area (Å²) in [6.45, 7) is 2.65. The number of methoxy groups -OCH3 is 1. The van der Waals surface area contributed by atoms with Gasteiger partial charge in [0, 0.05) is 29.8 Å². The zero-order valence-corrected chi connectivity index (χ0v) is 16.1. The number of aromatic nitrogens is 2. The number of aromatic amines is 1.